The SMILES string of the molecule is CCCN(CCC(C)(C)C)CC(C)(C)CN. The average molecular weight is 228 g/mol. The Morgan fingerprint density at radius 2 is 1.56 bits per heavy atom. The van der Waals surface area contributed by atoms with Crippen LogP contribution < -0.4 is 5.73 Å². The number of nitrogens with zero attached hydrogens (tertiary/aromatic N) is 1. The summed E-state index contributed by atoms with van der Waals surface area (Å²) in [6.45, 7) is 18.0. The molecule has 2 heteroatoms. The molecule has 0 unspecified atom stereocenters. The lowest BCUT2D eigenvalue weighted by molar-refractivity contribution is 0.162. The minimum absolute atomic E-state index is 0.243. The van der Waals surface area contributed by atoms with Gasteiger partial charge in [0.25, 0.3) is 0 Å². The first kappa shape index (κ1) is 15.9. The van der Waals surface area contributed by atoms with Crippen molar-refractivity contribution in [3.63, 3.8) is 0 Å². The summed E-state index contributed by atoms with van der Waals surface area (Å²) >= 11 is 0. The van der Waals surface area contributed by atoms with Crippen molar-refractivity contribution in [3.8, 4) is 0 Å². The van der Waals surface area contributed by atoms with E-state index in [4.69, 9.17) is 5.73 Å². The fraction of sp³-hybridized carbons (Fsp3) is 1.00. The highest BCUT2D eigenvalue weighted by Gasteiger charge is 2.21. The van der Waals surface area contributed by atoms with Gasteiger partial charge in [-0.2, -0.15) is 0 Å². The van der Waals surface area contributed by atoms with Crippen molar-refractivity contribution in [1.29, 1.82) is 0 Å². The molecule has 16 heavy (non-hydrogen) atoms. The van der Waals surface area contributed by atoms with E-state index in [0.717, 1.165) is 13.1 Å². The minimum atomic E-state index is 0.243. The summed E-state index contributed by atoms with van der Waals surface area (Å²) in [5.74, 6) is 0. The van der Waals surface area contributed by atoms with Crippen LogP contribution in [0, 0.1) is 10.8 Å². The zero-order chi connectivity index (χ0) is 12.8. The van der Waals surface area contributed by atoms with Gasteiger partial charge >= 0.3 is 0 Å². The van der Waals surface area contributed by atoms with Crippen molar-refractivity contribution < 1.29 is 0 Å². The first-order valence-electron chi connectivity index (χ1n) is 6.62. The van der Waals surface area contributed by atoms with Gasteiger partial charge in [0.1, 0.15) is 0 Å². The Morgan fingerprint density at radius 1 is 1.00 bits per heavy atom. The van der Waals surface area contributed by atoms with Gasteiger partial charge in [0, 0.05) is 6.54 Å². The highest BCUT2D eigenvalue weighted by molar-refractivity contribution is 4.76. The topological polar surface area (TPSA) is 29.3 Å². The van der Waals surface area contributed by atoms with Crippen molar-refractivity contribution in [2.45, 2.75) is 54.4 Å². The van der Waals surface area contributed by atoms with Crippen LogP contribution in [0.5, 0.6) is 0 Å². The lowest BCUT2D eigenvalue weighted by atomic mass is 9.90. The Morgan fingerprint density at radius 3 is 1.94 bits per heavy atom. The molecular formula is C14H32N2. The highest BCUT2D eigenvalue weighted by atomic mass is 15.1. The third-order valence-corrected chi connectivity index (χ3v) is 2.92. The Hall–Kier alpha value is -0.0800. The van der Waals surface area contributed by atoms with E-state index < -0.39 is 0 Å². The monoisotopic (exact) mass is 228 g/mol. The van der Waals surface area contributed by atoms with Crippen LogP contribution in [0.15, 0.2) is 0 Å². The van der Waals surface area contributed by atoms with Gasteiger partial charge in [0.15, 0.2) is 0 Å². The van der Waals surface area contributed by atoms with Crippen LogP contribution in [-0.2, 0) is 0 Å². The third-order valence-electron chi connectivity index (χ3n) is 2.92. The van der Waals surface area contributed by atoms with Crippen LogP contribution in [0.3, 0.4) is 0 Å². The van der Waals surface area contributed by atoms with E-state index in [0.29, 0.717) is 5.41 Å². The molecule has 2 N–H and O–H groups in total. The Balaban J connectivity index is 4.17. The van der Waals surface area contributed by atoms with Crippen molar-refractivity contribution in [2.24, 2.45) is 16.6 Å². The standard InChI is InChI=1S/C14H32N2/c1-7-9-16(10-8-13(2,3)4)12-14(5,6)11-15/h7-12,15H2,1-6H3. The average Bonchev–Trinajstić information content (AvgIpc) is 2.13. The van der Waals surface area contributed by atoms with E-state index in [9.17, 15) is 0 Å². The number of rotatable bonds is 7. The summed E-state index contributed by atoms with van der Waals surface area (Å²) in [5, 5.41) is 0. The maximum Gasteiger partial charge on any atom is 0.00447 e. The van der Waals surface area contributed by atoms with Gasteiger partial charge in [-0.1, -0.05) is 41.5 Å². The van der Waals surface area contributed by atoms with Gasteiger partial charge in [-0.3, -0.25) is 0 Å². The van der Waals surface area contributed by atoms with Crippen LogP contribution in [0.25, 0.3) is 0 Å². The van der Waals surface area contributed by atoms with Gasteiger partial charge < -0.3 is 10.6 Å². The number of nitrogens with two attached hydrogens (primary N) is 1. The predicted molar refractivity (Wildman–Crippen MR) is 73.6 cm³/mol. The first-order chi connectivity index (χ1) is 7.20. The molecular weight excluding hydrogens is 196 g/mol. The lowest BCUT2D eigenvalue weighted by Crippen LogP contribution is -2.40. The fourth-order valence-corrected chi connectivity index (χ4v) is 1.75. The van der Waals surface area contributed by atoms with Gasteiger partial charge in [0.2, 0.25) is 0 Å². The molecule has 0 spiro atoms. The molecule has 0 heterocycles. The Labute approximate surface area is 103 Å². The fourth-order valence-electron chi connectivity index (χ4n) is 1.75. The molecule has 0 aliphatic carbocycles. The molecule has 0 aromatic carbocycles. The number of hydrogen-bond acceptors (Lipinski definition) is 2. The molecule has 0 rings (SSSR count). The first-order valence-corrected chi connectivity index (χ1v) is 6.62. The van der Waals surface area contributed by atoms with Crippen LogP contribution in [0.2, 0.25) is 0 Å². The molecule has 0 amide bonds. The molecule has 0 bridgehead atoms. The normalized spacial score (nSPS) is 13.5. The van der Waals surface area contributed by atoms with Crippen molar-refractivity contribution in [1.82, 2.24) is 4.90 Å². The third kappa shape index (κ3) is 8.12. The molecule has 0 saturated heterocycles. The van der Waals surface area contributed by atoms with E-state index in [1.54, 1.807) is 0 Å². The van der Waals surface area contributed by atoms with Gasteiger partial charge in [-0.05, 0) is 43.3 Å². The smallest absolute Gasteiger partial charge is 0.00447 e. The largest absolute Gasteiger partial charge is 0.330 e. The Bertz CT molecular complexity index is 180. The van der Waals surface area contributed by atoms with E-state index >= 15 is 0 Å². The van der Waals surface area contributed by atoms with Crippen LogP contribution in [-0.4, -0.2) is 31.1 Å². The van der Waals surface area contributed by atoms with Crippen molar-refractivity contribution in [3.05, 3.63) is 0 Å². The van der Waals surface area contributed by atoms with Crippen LogP contribution in [0.1, 0.15) is 54.4 Å². The maximum absolute atomic E-state index is 5.81. The van der Waals surface area contributed by atoms with Gasteiger partial charge in [-0.15, -0.1) is 0 Å². The molecule has 0 aliphatic rings. The molecule has 98 valence electrons. The number of hydrogen-bond donors (Lipinski definition) is 1. The van der Waals surface area contributed by atoms with E-state index in [-0.39, 0.29) is 5.41 Å². The molecule has 0 aliphatic heterocycles. The molecule has 2 nitrogen and oxygen atoms in total. The predicted octanol–water partition coefficient (Wildman–Crippen LogP) is 3.12. The van der Waals surface area contributed by atoms with E-state index in [1.165, 1.54) is 25.9 Å². The van der Waals surface area contributed by atoms with Crippen molar-refractivity contribution in [2.75, 3.05) is 26.2 Å². The zero-order valence-corrected chi connectivity index (χ0v) is 12.3. The second kappa shape index (κ2) is 6.61. The second-order valence-corrected chi connectivity index (χ2v) is 6.96. The molecule has 0 saturated carbocycles. The van der Waals surface area contributed by atoms with E-state index in [2.05, 4.69) is 46.4 Å². The summed E-state index contributed by atoms with van der Waals surface area (Å²) in [4.78, 5) is 2.57. The minimum Gasteiger partial charge on any atom is -0.330 e. The molecule has 0 radical (unpaired) electrons. The summed E-state index contributed by atoms with van der Waals surface area (Å²) in [6, 6.07) is 0. The molecule has 0 fully saturated rings. The summed E-state index contributed by atoms with van der Waals surface area (Å²) in [7, 11) is 0. The quantitative estimate of drug-likeness (QED) is 0.725. The van der Waals surface area contributed by atoms with Gasteiger partial charge in [-0.25, -0.2) is 0 Å². The molecule has 0 aromatic heterocycles. The maximum atomic E-state index is 5.81. The van der Waals surface area contributed by atoms with Gasteiger partial charge in [0.05, 0.1) is 0 Å². The Kier molecular flexibility index (Phi) is 6.57. The highest BCUT2D eigenvalue weighted by Crippen LogP contribution is 2.21. The second-order valence-electron chi connectivity index (χ2n) is 6.96. The zero-order valence-electron chi connectivity index (χ0n) is 12.3. The lowest BCUT2D eigenvalue weighted by Gasteiger charge is -2.33. The molecule has 0 atom stereocenters. The summed E-state index contributed by atoms with van der Waals surface area (Å²) in [5.41, 5.74) is 6.48. The summed E-state index contributed by atoms with van der Waals surface area (Å²) in [6.07, 6.45) is 2.48. The summed E-state index contributed by atoms with van der Waals surface area (Å²) < 4.78 is 0. The van der Waals surface area contributed by atoms with Crippen molar-refractivity contribution >= 4 is 0 Å². The van der Waals surface area contributed by atoms with Crippen LogP contribution >= 0.6 is 0 Å². The molecule has 0 aromatic rings. The van der Waals surface area contributed by atoms with E-state index in [1.807, 2.05) is 0 Å². The van der Waals surface area contributed by atoms with Crippen LogP contribution in [0.4, 0.5) is 0 Å².